The highest BCUT2D eigenvalue weighted by molar-refractivity contribution is 7.91. The van der Waals surface area contributed by atoms with Gasteiger partial charge in [0.25, 0.3) is 0 Å². The van der Waals surface area contributed by atoms with Crippen molar-refractivity contribution >= 4 is 9.84 Å². The van der Waals surface area contributed by atoms with Gasteiger partial charge in [-0.25, -0.2) is 8.42 Å². The summed E-state index contributed by atoms with van der Waals surface area (Å²) in [6, 6.07) is 5.38. The molecular formula is C26H35N5O6S. The van der Waals surface area contributed by atoms with E-state index in [2.05, 4.69) is 20.2 Å². The van der Waals surface area contributed by atoms with Gasteiger partial charge < -0.3 is 18.9 Å². The summed E-state index contributed by atoms with van der Waals surface area (Å²) in [5.74, 6) is 1.43. The number of sulfone groups is 1. The van der Waals surface area contributed by atoms with Gasteiger partial charge in [-0.15, -0.1) is 10.2 Å². The third kappa shape index (κ3) is 5.82. The summed E-state index contributed by atoms with van der Waals surface area (Å²) in [4.78, 5) is 8.70. The number of ether oxygens (including phenoxy) is 4. The third-order valence-corrected chi connectivity index (χ3v) is 8.55. The molecule has 0 amide bonds. The van der Waals surface area contributed by atoms with E-state index in [1.807, 2.05) is 20.8 Å². The summed E-state index contributed by atoms with van der Waals surface area (Å²) in [7, 11) is -0.722. The van der Waals surface area contributed by atoms with Crippen molar-refractivity contribution < 1.29 is 27.4 Å². The largest absolute Gasteiger partial charge is 0.494 e. The highest BCUT2D eigenvalue weighted by Crippen LogP contribution is 2.37. The van der Waals surface area contributed by atoms with Crippen molar-refractivity contribution in [3.8, 4) is 17.2 Å². The molecule has 206 valence electrons. The molecule has 0 saturated carbocycles. The first-order valence-electron chi connectivity index (χ1n) is 12.5. The predicted molar refractivity (Wildman–Crippen MR) is 140 cm³/mol. The molecule has 2 aromatic heterocycles. The van der Waals surface area contributed by atoms with Gasteiger partial charge in [-0.3, -0.25) is 14.5 Å². The molecule has 11 nitrogen and oxygen atoms in total. The van der Waals surface area contributed by atoms with Gasteiger partial charge in [0.2, 0.25) is 0 Å². The maximum Gasteiger partial charge on any atom is 0.163 e. The second-order valence-electron chi connectivity index (χ2n) is 9.58. The molecule has 1 fully saturated rings. The minimum Gasteiger partial charge on any atom is -0.494 e. The first-order chi connectivity index (χ1) is 18.2. The fourth-order valence-electron chi connectivity index (χ4n) is 4.49. The molecule has 3 aromatic rings. The van der Waals surface area contributed by atoms with E-state index in [1.54, 1.807) is 56.3 Å². The molecule has 3 atom stereocenters. The summed E-state index contributed by atoms with van der Waals surface area (Å²) >= 11 is 0. The van der Waals surface area contributed by atoms with E-state index in [-0.39, 0.29) is 23.6 Å². The highest BCUT2D eigenvalue weighted by atomic mass is 32.2. The first-order valence-corrected chi connectivity index (χ1v) is 14.3. The van der Waals surface area contributed by atoms with Crippen LogP contribution in [0.25, 0.3) is 5.69 Å². The topological polar surface area (TPSA) is 128 Å². The molecule has 1 aliphatic heterocycles. The van der Waals surface area contributed by atoms with Crippen LogP contribution in [0.4, 0.5) is 0 Å². The Morgan fingerprint density at radius 2 is 1.79 bits per heavy atom. The van der Waals surface area contributed by atoms with E-state index < -0.39 is 21.2 Å². The Balaban J connectivity index is 1.78. The molecule has 38 heavy (non-hydrogen) atoms. The van der Waals surface area contributed by atoms with Gasteiger partial charge >= 0.3 is 0 Å². The number of rotatable bonds is 11. The maximum atomic E-state index is 13.9. The average molecular weight is 546 g/mol. The predicted octanol–water partition coefficient (Wildman–Crippen LogP) is 3.36. The lowest BCUT2D eigenvalue weighted by Crippen LogP contribution is -2.31. The number of methoxy groups -OCH3 is 2. The Morgan fingerprint density at radius 3 is 2.34 bits per heavy atom. The van der Waals surface area contributed by atoms with E-state index in [0.29, 0.717) is 41.9 Å². The smallest absolute Gasteiger partial charge is 0.163 e. The van der Waals surface area contributed by atoms with E-state index in [4.69, 9.17) is 18.9 Å². The number of nitrogens with zero attached hydrogens (tertiary/aromatic N) is 5. The monoisotopic (exact) mass is 545 g/mol. The van der Waals surface area contributed by atoms with Gasteiger partial charge in [-0.1, -0.05) is 6.07 Å². The molecule has 0 bridgehead atoms. The Bertz CT molecular complexity index is 1310. The summed E-state index contributed by atoms with van der Waals surface area (Å²) < 4.78 is 52.5. The van der Waals surface area contributed by atoms with Gasteiger partial charge in [-0.05, 0) is 46.2 Å². The minimum absolute atomic E-state index is 0.0501. The average Bonchev–Trinajstić information content (AvgIpc) is 3.56. The van der Waals surface area contributed by atoms with Gasteiger partial charge in [0.1, 0.15) is 34.9 Å². The molecule has 0 radical (unpaired) electrons. The van der Waals surface area contributed by atoms with Crippen LogP contribution in [0, 0.1) is 6.92 Å². The summed E-state index contributed by atoms with van der Waals surface area (Å²) in [5, 5.41) is 7.85. The molecule has 1 aromatic carbocycles. The van der Waals surface area contributed by atoms with Crippen LogP contribution in [0.5, 0.6) is 11.5 Å². The van der Waals surface area contributed by atoms with E-state index in [0.717, 1.165) is 12.1 Å². The Kier molecular flexibility index (Phi) is 8.64. The standard InChI is InChI=1S/C26H35N5O6S/c1-16(2)37-25(20-13-27-17(3)12-28-20)18(4)38(32,33)15-23-29-30-26(19-10-11-36-14-19)31(23)24-21(34-5)8-7-9-22(24)35-6/h7-9,12-13,16,18-19,25H,10-11,14-15H2,1-6H3/t18-,19+,25+/m0/s1. The quantitative estimate of drug-likeness (QED) is 0.354. The van der Waals surface area contributed by atoms with Crippen molar-refractivity contribution in [1.82, 2.24) is 24.7 Å². The lowest BCUT2D eigenvalue weighted by atomic mass is 10.1. The van der Waals surface area contributed by atoms with Gasteiger partial charge in [0, 0.05) is 18.7 Å². The number of hydrogen-bond acceptors (Lipinski definition) is 10. The van der Waals surface area contributed by atoms with E-state index in [9.17, 15) is 8.42 Å². The van der Waals surface area contributed by atoms with Crippen LogP contribution in [0.2, 0.25) is 0 Å². The third-order valence-electron chi connectivity index (χ3n) is 6.51. The number of benzene rings is 1. The van der Waals surface area contributed by atoms with Crippen LogP contribution in [0.15, 0.2) is 30.6 Å². The summed E-state index contributed by atoms with van der Waals surface area (Å²) in [6.45, 7) is 8.22. The molecule has 4 rings (SSSR count). The fourth-order valence-corrected chi connectivity index (χ4v) is 5.88. The second kappa shape index (κ2) is 11.7. The normalized spacial score (nSPS) is 17.5. The van der Waals surface area contributed by atoms with Crippen LogP contribution in [-0.4, -0.2) is 71.9 Å². The first kappa shape index (κ1) is 27.9. The Morgan fingerprint density at radius 1 is 1.08 bits per heavy atom. The molecule has 0 N–H and O–H groups in total. The van der Waals surface area contributed by atoms with Gasteiger partial charge in [-0.2, -0.15) is 0 Å². The zero-order valence-corrected chi connectivity index (χ0v) is 23.4. The van der Waals surface area contributed by atoms with Crippen LogP contribution < -0.4 is 9.47 Å². The van der Waals surface area contributed by atoms with Crippen molar-refractivity contribution in [3.05, 3.63) is 53.6 Å². The Hall–Kier alpha value is -3.09. The number of aryl methyl sites for hydroxylation is 1. The summed E-state index contributed by atoms with van der Waals surface area (Å²) in [5.41, 5.74) is 1.73. The Labute approximate surface area is 223 Å². The SMILES string of the molecule is COc1cccc(OC)c1-n1c(CS(=O)(=O)[C@@H](C)[C@@H](OC(C)C)c2cnc(C)cn2)nnc1[C@@H]1CCOC1. The zero-order valence-electron chi connectivity index (χ0n) is 22.6. The van der Waals surface area contributed by atoms with E-state index in [1.165, 1.54) is 0 Å². The fraction of sp³-hybridized carbons (Fsp3) is 0.538. The lowest BCUT2D eigenvalue weighted by molar-refractivity contribution is 0.00382. The molecule has 1 saturated heterocycles. The number of aromatic nitrogens is 5. The van der Waals surface area contributed by atoms with Crippen molar-refractivity contribution in [1.29, 1.82) is 0 Å². The van der Waals surface area contributed by atoms with Crippen LogP contribution in [0.3, 0.4) is 0 Å². The van der Waals surface area contributed by atoms with Crippen molar-refractivity contribution in [3.63, 3.8) is 0 Å². The van der Waals surface area contributed by atoms with Crippen molar-refractivity contribution in [2.75, 3.05) is 27.4 Å². The van der Waals surface area contributed by atoms with Gasteiger partial charge in [0.05, 0.1) is 49.8 Å². The second-order valence-corrected chi connectivity index (χ2v) is 11.9. The van der Waals surface area contributed by atoms with E-state index >= 15 is 0 Å². The molecule has 1 aliphatic rings. The lowest BCUT2D eigenvalue weighted by Gasteiger charge is -2.26. The highest BCUT2D eigenvalue weighted by Gasteiger charge is 2.36. The number of hydrogen-bond donors (Lipinski definition) is 0. The van der Waals surface area contributed by atoms with Crippen LogP contribution in [0.1, 0.15) is 62.3 Å². The van der Waals surface area contributed by atoms with Crippen molar-refractivity contribution in [2.24, 2.45) is 0 Å². The van der Waals surface area contributed by atoms with Crippen molar-refractivity contribution in [2.45, 2.75) is 63.2 Å². The molecule has 12 heteroatoms. The van der Waals surface area contributed by atoms with Crippen LogP contribution >= 0.6 is 0 Å². The van der Waals surface area contributed by atoms with Crippen LogP contribution in [-0.2, 0) is 25.1 Å². The minimum atomic E-state index is -3.83. The molecule has 0 unspecified atom stereocenters. The maximum absolute atomic E-state index is 13.9. The molecular weight excluding hydrogens is 510 g/mol. The zero-order chi connectivity index (χ0) is 27.4. The summed E-state index contributed by atoms with van der Waals surface area (Å²) in [6.07, 6.45) is 2.87. The molecule has 3 heterocycles. The number of para-hydroxylation sites is 1. The molecule has 0 spiro atoms. The van der Waals surface area contributed by atoms with Gasteiger partial charge in [0.15, 0.2) is 15.7 Å². The molecule has 0 aliphatic carbocycles.